The Balaban J connectivity index is 2.52. The third-order valence-electron chi connectivity index (χ3n) is 4.02. The predicted octanol–water partition coefficient (Wildman–Crippen LogP) is 3.57. The summed E-state index contributed by atoms with van der Waals surface area (Å²) in [5.41, 5.74) is 9.57. The van der Waals surface area contributed by atoms with Crippen molar-refractivity contribution >= 4 is 0 Å². The Kier molecular flexibility index (Phi) is 2.26. The molecule has 1 aromatic carbocycles. The minimum atomic E-state index is -0.114. The van der Waals surface area contributed by atoms with Gasteiger partial charge in [0.05, 0.1) is 0 Å². The summed E-state index contributed by atoms with van der Waals surface area (Å²) in [6.45, 7) is 11.3. The Morgan fingerprint density at radius 2 is 1.62 bits per heavy atom. The Morgan fingerprint density at radius 3 is 2.06 bits per heavy atom. The van der Waals surface area contributed by atoms with Crippen LogP contribution in [0.1, 0.15) is 52.2 Å². The van der Waals surface area contributed by atoms with E-state index in [4.69, 9.17) is 5.73 Å². The fourth-order valence-electron chi connectivity index (χ4n) is 2.64. The van der Waals surface area contributed by atoms with Gasteiger partial charge in [0.25, 0.3) is 0 Å². The van der Waals surface area contributed by atoms with Crippen LogP contribution < -0.4 is 5.73 Å². The summed E-state index contributed by atoms with van der Waals surface area (Å²) in [5, 5.41) is 0. The van der Waals surface area contributed by atoms with E-state index in [-0.39, 0.29) is 16.4 Å². The molecular formula is C15H23N. The second-order valence-electron chi connectivity index (χ2n) is 6.83. The van der Waals surface area contributed by atoms with Crippen LogP contribution in [0.2, 0.25) is 0 Å². The average molecular weight is 217 g/mol. The first kappa shape index (κ1) is 11.7. The maximum atomic E-state index is 6.54. The number of benzene rings is 1. The summed E-state index contributed by atoms with van der Waals surface area (Å²) < 4.78 is 0. The first-order valence-corrected chi connectivity index (χ1v) is 6.07. The van der Waals surface area contributed by atoms with Crippen molar-refractivity contribution in [3.05, 3.63) is 35.4 Å². The molecule has 16 heavy (non-hydrogen) atoms. The van der Waals surface area contributed by atoms with Gasteiger partial charge in [0.15, 0.2) is 0 Å². The molecule has 0 heterocycles. The van der Waals surface area contributed by atoms with Crippen molar-refractivity contribution in [1.29, 1.82) is 0 Å². The average Bonchev–Trinajstić information content (AvgIpc) is 2.66. The second-order valence-corrected chi connectivity index (χ2v) is 6.83. The summed E-state index contributed by atoms with van der Waals surface area (Å²) in [7, 11) is 0. The molecule has 0 radical (unpaired) electrons. The number of rotatable bonds is 1. The minimum absolute atomic E-state index is 0.114. The van der Waals surface area contributed by atoms with Crippen molar-refractivity contribution in [2.75, 3.05) is 0 Å². The standard InChI is InChI=1S/C15H23N/c1-13(2,3)11-8-6-7-9-12(11)15(16)10-14(15,4)5/h6-9H,10,16H2,1-5H3. The van der Waals surface area contributed by atoms with Gasteiger partial charge in [-0.3, -0.25) is 0 Å². The van der Waals surface area contributed by atoms with E-state index in [0.29, 0.717) is 0 Å². The van der Waals surface area contributed by atoms with Crippen LogP contribution in [0.4, 0.5) is 0 Å². The van der Waals surface area contributed by atoms with E-state index in [1.54, 1.807) is 0 Å². The van der Waals surface area contributed by atoms with Crippen molar-refractivity contribution in [2.24, 2.45) is 11.1 Å². The molecule has 1 saturated carbocycles. The van der Waals surface area contributed by atoms with Crippen LogP contribution in [-0.2, 0) is 11.0 Å². The van der Waals surface area contributed by atoms with E-state index in [9.17, 15) is 0 Å². The topological polar surface area (TPSA) is 26.0 Å². The lowest BCUT2D eigenvalue weighted by atomic mass is 9.80. The minimum Gasteiger partial charge on any atom is -0.321 e. The molecular weight excluding hydrogens is 194 g/mol. The summed E-state index contributed by atoms with van der Waals surface area (Å²) in [5.74, 6) is 0. The molecule has 0 aromatic heterocycles. The largest absolute Gasteiger partial charge is 0.321 e. The zero-order valence-corrected chi connectivity index (χ0v) is 11.1. The number of hydrogen-bond acceptors (Lipinski definition) is 1. The van der Waals surface area contributed by atoms with Crippen LogP contribution in [0.25, 0.3) is 0 Å². The Bertz CT molecular complexity index is 412. The van der Waals surface area contributed by atoms with Gasteiger partial charge >= 0.3 is 0 Å². The van der Waals surface area contributed by atoms with E-state index in [0.717, 1.165) is 6.42 Å². The molecule has 88 valence electrons. The highest BCUT2D eigenvalue weighted by atomic mass is 14.9. The Morgan fingerprint density at radius 1 is 1.12 bits per heavy atom. The van der Waals surface area contributed by atoms with Gasteiger partial charge in [0.1, 0.15) is 0 Å². The van der Waals surface area contributed by atoms with E-state index in [2.05, 4.69) is 58.9 Å². The molecule has 0 bridgehead atoms. The van der Waals surface area contributed by atoms with E-state index >= 15 is 0 Å². The van der Waals surface area contributed by atoms with Crippen molar-refractivity contribution in [3.63, 3.8) is 0 Å². The molecule has 0 saturated heterocycles. The predicted molar refractivity (Wildman–Crippen MR) is 69.4 cm³/mol. The molecule has 0 amide bonds. The van der Waals surface area contributed by atoms with Gasteiger partial charge in [0, 0.05) is 5.54 Å². The maximum absolute atomic E-state index is 6.54. The lowest BCUT2D eigenvalue weighted by Crippen LogP contribution is -2.29. The lowest BCUT2D eigenvalue weighted by molar-refractivity contribution is 0.491. The van der Waals surface area contributed by atoms with Gasteiger partial charge in [-0.05, 0) is 28.4 Å². The molecule has 2 N–H and O–H groups in total. The molecule has 1 unspecified atom stereocenters. The molecule has 1 atom stereocenters. The third kappa shape index (κ3) is 1.58. The molecule has 1 heteroatoms. The van der Waals surface area contributed by atoms with Crippen molar-refractivity contribution in [1.82, 2.24) is 0 Å². The first-order chi connectivity index (χ1) is 7.18. The quantitative estimate of drug-likeness (QED) is 0.764. The molecule has 1 aliphatic rings. The van der Waals surface area contributed by atoms with E-state index in [1.807, 2.05) is 0 Å². The van der Waals surface area contributed by atoms with Crippen molar-refractivity contribution < 1.29 is 0 Å². The first-order valence-electron chi connectivity index (χ1n) is 6.07. The Hall–Kier alpha value is -0.820. The lowest BCUT2D eigenvalue weighted by Gasteiger charge is -2.27. The zero-order valence-electron chi connectivity index (χ0n) is 11.1. The summed E-state index contributed by atoms with van der Waals surface area (Å²) in [4.78, 5) is 0. The van der Waals surface area contributed by atoms with Gasteiger partial charge in [-0.15, -0.1) is 0 Å². The Labute approximate surface area is 99.0 Å². The second kappa shape index (κ2) is 3.10. The molecule has 1 nitrogen and oxygen atoms in total. The number of nitrogens with two attached hydrogens (primary N) is 1. The van der Waals surface area contributed by atoms with Crippen LogP contribution >= 0.6 is 0 Å². The summed E-state index contributed by atoms with van der Waals surface area (Å²) in [6, 6.07) is 8.64. The molecule has 0 aliphatic heterocycles. The highest BCUT2D eigenvalue weighted by molar-refractivity contribution is 5.44. The van der Waals surface area contributed by atoms with Gasteiger partial charge in [-0.2, -0.15) is 0 Å². The molecule has 0 spiro atoms. The molecule has 1 aliphatic carbocycles. The summed E-state index contributed by atoms with van der Waals surface area (Å²) in [6.07, 6.45) is 1.09. The van der Waals surface area contributed by atoms with Crippen LogP contribution in [-0.4, -0.2) is 0 Å². The van der Waals surface area contributed by atoms with Gasteiger partial charge in [0.2, 0.25) is 0 Å². The smallest absolute Gasteiger partial charge is 0.0471 e. The zero-order chi connectivity index (χ0) is 12.2. The number of hydrogen-bond donors (Lipinski definition) is 1. The van der Waals surface area contributed by atoms with Crippen molar-refractivity contribution in [2.45, 2.75) is 52.0 Å². The monoisotopic (exact) mass is 217 g/mol. The highest BCUT2D eigenvalue weighted by Gasteiger charge is 2.60. The fourth-order valence-corrected chi connectivity index (χ4v) is 2.64. The van der Waals surface area contributed by atoms with Crippen LogP contribution in [0.15, 0.2) is 24.3 Å². The van der Waals surface area contributed by atoms with E-state index in [1.165, 1.54) is 11.1 Å². The van der Waals surface area contributed by atoms with Crippen LogP contribution in [0.3, 0.4) is 0 Å². The van der Waals surface area contributed by atoms with Gasteiger partial charge in [-0.1, -0.05) is 58.9 Å². The van der Waals surface area contributed by atoms with Gasteiger partial charge in [-0.25, -0.2) is 0 Å². The normalized spacial score (nSPS) is 27.9. The van der Waals surface area contributed by atoms with Crippen molar-refractivity contribution in [3.8, 4) is 0 Å². The molecule has 1 aromatic rings. The highest BCUT2D eigenvalue weighted by Crippen LogP contribution is 2.61. The fraction of sp³-hybridized carbons (Fsp3) is 0.600. The summed E-state index contributed by atoms with van der Waals surface area (Å²) >= 11 is 0. The van der Waals surface area contributed by atoms with Crippen LogP contribution in [0.5, 0.6) is 0 Å². The van der Waals surface area contributed by atoms with E-state index < -0.39 is 0 Å². The molecule has 2 rings (SSSR count). The SMILES string of the molecule is CC(C)(C)c1ccccc1C1(N)CC1(C)C. The third-order valence-corrected chi connectivity index (χ3v) is 4.02. The molecule has 1 fully saturated rings. The van der Waals surface area contributed by atoms with Gasteiger partial charge < -0.3 is 5.73 Å². The maximum Gasteiger partial charge on any atom is 0.0471 e. The van der Waals surface area contributed by atoms with Crippen LogP contribution in [0, 0.1) is 5.41 Å².